The molecule has 2 N–H and O–H groups in total. The molecule has 32 heavy (non-hydrogen) atoms. The molecule has 2 heterocycles. The summed E-state index contributed by atoms with van der Waals surface area (Å²) in [5.41, 5.74) is 1.15. The van der Waals surface area contributed by atoms with Gasteiger partial charge in [0.25, 0.3) is 0 Å². The number of hydrogen-bond acceptors (Lipinski definition) is 6. The molecule has 1 aliphatic rings. The van der Waals surface area contributed by atoms with Gasteiger partial charge in [-0.3, -0.25) is 0 Å². The maximum atomic E-state index is 5.78. The second-order valence-corrected chi connectivity index (χ2v) is 7.59. The van der Waals surface area contributed by atoms with Gasteiger partial charge in [0, 0.05) is 38.9 Å². The molecule has 0 radical (unpaired) electrons. The highest BCUT2D eigenvalue weighted by molar-refractivity contribution is 5.79. The lowest BCUT2D eigenvalue weighted by atomic mass is 10.2. The Morgan fingerprint density at radius 1 is 1.03 bits per heavy atom. The Bertz CT molecular complexity index is 835. The van der Waals surface area contributed by atoms with Gasteiger partial charge in [0.1, 0.15) is 23.9 Å². The van der Waals surface area contributed by atoms with Crippen LogP contribution in [-0.2, 0) is 6.54 Å². The van der Waals surface area contributed by atoms with Crippen molar-refractivity contribution in [2.24, 2.45) is 4.99 Å². The van der Waals surface area contributed by atoms with Crippen LogP contribution in [-0.4, -0.2) is 75.4 Å². The molecular weight excluding hydrogens is 404 g/mol. The SMILES string of the molecule is CCNC(=NCc1ccnc(N2CCN(CC)CC2)c1)NCCOc1ccc(OC)cc1. The van der Waals surface area contributed by atoms with Crippen LogP contribution < -0.4 is 25.0 Å². The Morgan fingerprint density at radius 3 is 2.47 bits per heavy atom. The predicted octanol–water partition coefficient (Wildman–Crippen LogP) is 2.37. The highest BCUT2D eigenvalue weighted by Crippen LogP contribution is 2.17. The molecule has 0 saturated carbocycles. The minimum atomic E-state index is 0.542. The molecule has 8 heteroatoms. The monoisotopic (exact) mass is 440 g/mol. The lowest BCUT2D eigenvalue weighted by Crippen LogP contribution is -2.46. The van der Waals surface area contributed by atoms with Crippen LogP contribution in [0, 0.1) is 0 Å². The summed E-state index contributed by atoms with van der Waals surface area (Å²) in [6.07, 6.45) is 1.88. The zero-order chi connectivity index (χ0) is 22.6. The first kappa shape index (κ1) is 23.7. The number of piperazine rings is 1. The van der Waals surface area contributed by atoms with Crippen molar-refractivity contribution in [3.05, 3.63) is 48.2 Å². The fraction of sp³-hybridized carbons (Fsp3) is 0.500. The van der Waals surface area contributed by atoms with Gasteiger partial charge in [-0.05, 0) is 55.4 Å². The van der Waals surface area contributed by atoms with E-state index in [-0.39, 0.29) is 0 Å². The standard InChI is InChI=1S/C24H36N6O2/c1-4-25-24(27-12-17-32-22-8-6-21(31-3)7-9-22)28-19-20-10-11-26-23(18-20)30-15-13-29(5-2)14-16-30/h6-11,18H,4-5,12-17,19H2,1-3H3,(H2,25,27,28). The first-order valence-corrected chi connectivity index (χ1v) is 11.4. The van der Waals surface area contributed by atoms with Crippen LogP contribution in [0.3, 0.4) is 0 Å². The van der Waals surface area contributed by atoms with Crippen LogP contribution in [0.4, 0.5) is 5.82 Å². The van der Waals surface area contributed by atoms with E-state index in [0.717, 1.165) is 68.1 Å². The fourth-order valence-corrected chi connectivity index (χ4v) is 3.55. The lowest BCUT2D eigenvalue weighted by molar-refractivity contribution is 0.270. The smallest absolute Gasteiger partial charge is 0.191 e. The van der Waals surface area contributed by atoms with Gasteiger partial charge in [0.15, 0.2) is 5.96 Å². The summed E-state index contributed by atoms with van der Waals surface area (Å²) in [4.78, 5) is 14.1. The van der Waals surface area contributed by atoms with Crippen molar-refractivity contribution in [2.45, 2.75) is 20.4 Å². The summed E-state index contributed by atoms with van der Waals surface area (Å²) in [5.74, 6) is 3.46. The van der Waals surface area contributed by atoms with E-state index in [0.29, 0.717) is 19.7 Å². The molecular formula is C24H36N6O2. The van der Waals surface area contributed by atoms with E-state index < -0.39 is 0 Å². The van der Waals surface area contributed by atoms with Crippen molar-refractivity contribution in [3.8, 4) is 11.5 Å². The number of nitrogens with zero attached hydrogens (tertiary/aromatic N) is 4. The minimum Gasteiger partial charge on any atom is -0.497 e. The number of aromatic nitrogens is 1. The van der Waals surface area contributed by atoms with Gasteiger partial charge in [0.2, 0.25) is 0 Å². The summed E-state index contributed by atoms with van der Waals surface area (Å²) in [7, 11) is 1.65. The van der Waals surface area contributed by atoms with E-state index in [9.17, 15) is 0 Å². The van der Waals surface area contributed by atoms with Crippen molar-refractivity contribution in [3.63, 3.8) is 0 Å². The molecule has 0 bridgehead atoms. The van der Waals surface area contributed by atoms with Crippen molar-refractivity contribution >= 4 is 11.8 Å². The van der Waals surface area contributed by atoms with E-state index in [2.05, 4.69) is 45.3 Å². The van der Waals surface area contributed by atoms with Gasteiger partial charge in [-0.15, -0.1) is 0 Å². The van der Waals surface area contributed by atoms with E-state index in [4.69, 9.17) is 14.5 Å². The van der Waals surface area contributed by atoms with Crippen molar-refractivity contribution in [1.29, 1.82) is 0 Å². The van der Waals surface area contributed by atoms with Gasteiger partial charge in [-0.1, -0.05) is 6.92 Å². The normalized spacial score (nSPS) is 14.8. The maximum Gasteiger partial charge on any atom is 0.191 e. The molecule has 8 nitrogen and oxygen atoms in total. The lowest BCUT2D eigenvalue weighted by Gasteiger charge is -2.34. The number of likely N-dealkylation sites (N-methyl/N-ethyl adjacent to an activating group) is 1. The molecule has 0 spiro atoms. The Labute approximate surface area is 191 Å². The highest BCUT2D eigenvalue weighted by atomic mass is 16.5. The first-order chi connectivity index (χ1) is 15.7. The largest absolute Gasteiger partial charge is 0.497 e. The Balaban J connectivity index is 1.48. The zero-order valence-corrected chi connectivity index (χ0v) is 19.5. The Hall–Kier alpha value is -3.00. The summed E-state index contributed by atoms with van der Waals surface area (Å²) >= 11 is 0. The maximum absolute atomic E-state index is 5.78. The number of anilines is 1. The van der Waals surface area contributed by atoms with E-state index in [1.807, 2.05) is 36.5 Å². The number of ether oxygens (including phenoxy) is 2. The number of methoxy groups -OCH3 is 1. The van der Waals surface area contributed by atoms with Crippen LogP contribution in [0.2, 0.25) is 0 Å². The molecule has 0 aliphatic carbocycles. The Kier molecular flexibility index (Phi) is 9.43. The van der Waals surface area contributed by atoms with Crippen LogP contribution >= 0.6 is 0 Å². The number of pyridine rings is 1. The third-order valence-corrected chi connectivity index (χ3v) is 5.44. The summed E-state index contributed by atoms with van der Waals surface area (Å²) < 4.78 is 10.9. The van der Waals surface area contributed by atoms with Gasteiger partial charge in [0.05, 0.1) is 20.2 Å². The number of benzene rings is 1. The highest BCUT2D eigenvalue weighted by Gasteiger charge is 2.16. The molecule has 174 valence electrons. The van der Waals surface area contributed by atoms with Crippen LogP contribution in [0.1, 0.15) is 19.4 Å². The molecule has 0 atom stereocenters. The number of hydrogen-bond donors (Lipinski definition) is 2. The van der Waals surface area contributed by atoms with E-state index in [1.165, 1.54) is 0 Å². The van der Waals surface area contributed by atoms with Crippen molar-refractivity contribution in [1.82, 2.24) is 20.5 Å². The van der Waals surface area contributed by atoms with Gasteiger partial charge < -0.3 is 29.9 Å². The molecule has 1 saturated heterocycles. The third-order valence-electron chi connectivity index (χ3n) is 5.44. The third kappa shape index (κ3) is 7.30. The van der Waals surface area contributed by atoms with E-state index in [1.54, 1.807) is 7.11 Å². The quantitative estimate of drug-likeness (QED) is 0.334. The molecule has 0 unspecified atom stereocenters. The number of nitrogens with one attached hydrogen (secondary N) is 2. The minimum absolute atomic E-state index is 0.542. The summed E-state index contributed by atoms with van der Waals surface area (Å²) in [6.45, 7) is 12.2. The molecule has 2 aromatic rings. The average molecular weight is 441 g/mol. The molecule has 0 amide bonds. The van der Waals surface area contributed by atoms with Crippen LogP contribution in [0.15, 0.2) is 47.6 Å². The first-order valence-electron chi connectivity index (χ1n) is 11.4. The van der Waals surface area contributed by atoms with Gasteiger partial charge in [-0.25, -0.2) is 9.98 Å². The molecule has 1 aliphatic heterocycles. The van der Waals surface area contributed by atoms with E-state index >= 15 is 0 Å². The molecule has 1 aromatic carbocycles. The topological polar surface area (TPSA) is 74.3 Å². The average Bonchev–Trinajstić information content (AvgIpc) is 2.85. The van der Waals surface area contributed by atoms with Crippen molar-refractivity contribution in [2.75, 3.05) is 64.4 Å². The molecule has 3 rings (SSSR count). The molecule has 1 aromatic heterocycles. The second-order valence-electron chi connectivity index (χ2n) is 7.59. The summed E-state index contributed by atoms with van der Waals surface area (Å²) in [5, 5.41) is 6.62. The summed E-state index contributed by atoms with van der Waals surface area (Å²) in [6, 6.07) is 11.8. The fourth-order valence-electron chi connectivity index (χ4n) is 3.55. The van der Waals surface area contributed by atoms with Crippen LogP contribution in [0.25, 0.3) is 0 Å². The predicted molar refractivity (Wildman–Crippen MR) is 130 cm³/mol. The number of guanidine groups is 1. The van der Waals surface area contributed by atoms with Gasteiger partial charge >= 0.3 is 0 Å². The zero-order valence-electron chi connectivity index (χ0n) is 19.5. The van der Waals surface area contributed by atoms with Gasteiger partial charge in [-0.2, -0.15) is 0 Å². The van der Waals surface area contributed by atoms with Crippen molar-refractivity contribution < 1.29 is 9.47 Å². The molecule has 1 fully saturated rings. The number of rotatable bonds is 10. The van der Waals surface area contributed by atoms with Crippen LogP contribution in [0.5, 0.6) is 11.5 Å². The number of aliphatic imine (C=N–C) groups is 1. The Morgan fingerprint density at radius 2 is 1.78 bits per heavy atom. The second kappa shape index (κ2) is 12.8.